The van der Waals surface area contributed by atoms with E-state index in [0.29, 0.717) is 5.56 Å². The standard InChI is InChI=1S/C26H30ClNO12S/c27-14-7-6-12(8-15(14)28(34)35)11-41-26-21(33)19(31)22(16(9-29)38-26)40-25-20(32)18(30)23-17(37-25)10-36-24(39-23)13-4-2-1-3-5-13/h1-8,16-26,29-33H,9-11H2. The molecule has 3 fully saturated rings. The van der Waals surface area contributed by atoms with E-state index in [4.69, 9.17) is 35.3 Å². The molecule has 3 aliphatic rings. The lowest BCUT2D eigenvalue weighted by Crippen LogP contribution is -2.65. The van der Waals surface area contributed by atoms with Crippen molar-refractivity contribution in [2.75, 3.05) is 13.2 Å². The van der Waals surface area contributed by atoms with Crippen LogP contribution in [-0.4, -0.2) is 104 Å². The van der Waals surface area contributed by atoms with Crippen molar-refractivity contribution in [3.63, 3.8) is 0 Å². The lowest BCUT2D eigenvalue weighted by molar-refractivity contribution is -0.384. The third kappa shape index (κ3) is 6.54. The maximum atomic E-state index is 11.2. The van der Waals surface area contributed by atoms with Crippen molar-refractivity contribution >= 4 is 29.1 Å². The number of hydrogen-bond donors (Lipinski definition) is 5. The molecule has 3 heterocycles. The Morgan fingerprint density at radius 1 is 1.00 bits per heavy atom. The lowest BCUT2D eigenvalue weighted by atomic mass is 9.96. The number of nitrogens with zero attached hydrogens (tertiary/aromatic N) is 1. The van der Waals surface area contributed by atoms with Gasteiger partial charge in [-0.2, -0.15) is 0 Å². The second kappa shape index (κ2) is 13.2. The molecule has 0 spiro atoms. The summed E-state index contributed by atoms with van der Waals surface area (Å²) >= 11 is 6.91. The minimum Gasteiger partial charge on any atom is -0.394 e. The van der Waals surface area contributed by atoms with Gasteiger partial charge in [0.1, 0.15) is 59.3 Å². The van der Waals surface area contributed by atoms with Crippen LogP contribution in [0.15, 0.2) is 48.5 Å². The molecular weight excluding hydrogens is 586 g/mol. The summed E-state index contributed by atoms with van der Waals surface area (Å²) in [5.41, 5.74) is -0.0330. The minimum atomic E-state index is -1.60. The highest BCUT2D eigenvalue weighted by molar-refractivity contribution is 7.99. The maximum absolute atomic E-state index is 11.2. The molecule has 5 N–H and O–H groups in total. The normalized spacial score (nSPS) is 37.4. The van der Waals surface area contributed by atoms with Crippen molar-refractivity contribution < 1.29 is 54.1 Å². The van der Waals surface area contributed by atoms with Crippen LogP contribution in [0, 0.1) is 10.1 Å². The predicted molar refractivity (Wildman–Crippen MR) is 143 cm³/mol. The number of rotatable bonds is 8. The molecule has 224 valence electrons. The van der Waals surface area contributed by atoms with Crippen LogP contribution in [0.4, 0.5) is 5.69 Å². The highest BCUT2D eigenvalue weighted by atomic mass is 35.5. The van der Waals surface area contributed by atoms with Gasteiger partial charge in [-0.25, -0.2) is 0 Å². The summed E-state index contributed by atoms with van der Waals surface area (Å²) in [6, 6.07) is 13.4. The van der Waals surface area contributed by atoms with Crippen LogP contribution in [0.2, 0.25) is 5.02 Å². The monoisotopic (exact) mass is 615 g/mol. The van der Waals surface area contributed by atoms with Gasteiger partial charge in [0.2, 0.25) is 0 Å². The summed E-state index contributed by atoms with van der Waals surface area (Å²) in [4.78, 5) is 10.6. The van der Waals surface area contributed by atoms with Crippen molar-refractivity contribution in [2.45, 2.75) is 72.6 Å². The number of benzene rings is 2. The third-order valence-corrected chi connectivity index (χ3v) is 8.68. The topological polar surface area (TPSA) is 190 Å². The molecule has 0 amide bonds. The molecule has 2 aromatic rings. The second-order valence-corrected chi connectivity index (χ2v) is 11.4. The van der Waals surface area contributed by atoms with Gasteiger partial charge in [-0.05, 0) is 11.6 Å². The smallest absolute Gasteiger partial charge is 0.288 e. The maximum Gasteiger partial charge on any atom is 0.288 e. The Kier molecular flexibility index (Phi) is 9.80. The number of nitro groups is 1. The van der Waals surface area contributed by atoms with E-state index < -0.39 is 78.4 Å². The molecular formula is C26H30ClNO12S. The van der Waals surface area contributed by atoms with Crippen molar-refractivity contribution in [3.05, 3.63) is 74.8 Å². The fraction of sp³-hybridized carbons (Fsp3) is 0.538. The first-order chi connectivity index (χ1) is 19.7. The number of thioether (sulfide) groups is 1. The van der Waals surface area contributed by atoms with Crippen LogP contribution in [0.1, 0.15) is 17.4 Å². The Labute approximate surface area is 243 Å². The fourth-order valence-corrected chi connectivity index (χ4v) is 6.25. The fourth-order valence-electron chi connectivity index (χ4n) is 4.95. The zero-order valence-corrected chi connectivity index (χ0v) is 23.0. The molecule has 0 radical (unpaired) electrons. The van der Waals surface area contributed by atoms with Crippen LogP contribution in [-0.2, 0) is 29.4 Å². The van der Waals surface area contributed by atoms with Gasteiger partial charge in [-0.1, -0.05) is 48.0 Å². The Morgan fingerprint density at radius 3 is 2.46 bits per heavy atom. The summed E-state index contributed by atoms with van der Waals surface area (Å²) in [7, 11) is 0. The van der Waals surface area contributed by atoms with Crippen molar-refractivity contribution in [1.82, 2.24) is 0 Å². The van der Waals surface area contributed by atoms with E-state index in [1.807, 2.05) is 18.2 Å². The van der Waals surface area contributed by atoms with Gasteiger partial charge in [-0.15, -0.1) is 11.8 Å². The molecule has 0 bridgehead atoms. The first-order valence-electron chi connectivity index (χ1n) is 12.8. The van der Waals surface area contributed by atoms with Crippen LogP contribution in [0.5, 0.6) is 0 Å². The average molecular weight is 616 g/mol. The highest BCUT2D eigenvalue weighted by Crippen LogP contribution is 2.37. The Bertz CT molecular complexity index is 1190. The SMILES string of the molecule is O=[N+]([O-])c1cc(CSC2OC(CO)C(OC3OC4COC(c5ccccc5)OC4C(O)C3O)C(O)C2O)ccc1Cl. The first-order valence-corrected chi connectivity index (χ1v) is 14.3. The number of aliphatic hydroxyl groups excluding tert-OH is 5. The largest absolute Gasteiger partial charge is 0.394 e. The van der Waals surface area contributed by atoms with Gasteiger partial charge in [0.15, 0.2) is 12.6 Å². The van der Waals surface area contributed by atoms with Gasteiger partial charge >= 0.3 is 0 Å². The number of hydrogen-bond acceptors (Lipinski definition) is 13. The Balaban J connectivity index is 1.21. The number of fused-ring (bicyclic) bond motifs is 1. The molecule has 13 nitrogen and oxygen atoms in total. The summed E-state index contributed by atoms with van der Waals surface area (Å²) in [5.74, 6) is 0.166. The molecule has 2 aromatic carbocycles. The van der Waals surface area contributed by atoms with Gasteiger partial charge in [0.05, 0.1) is 18.1 Å². The van der Waals surface area contributed by atoms with E-state index in [1.54, 1.807) is 18.2 Å². The van der Waals surface area contributed by atoms with E-state index in [-0.39, 0.29) is 23.1 Å². The Morgan fingerprint density at radius 2 is 1.76 bits per heavy atom. The quantitative estimate of drug-likeness (QED) is 0.208. The van der Waals surface area contributed by atoms with E-state index in [0.717, 1.165) is 17.3 Å². The first kappa shape index (κ1) is 30.5. The van der Waals surface area contributed by atoms with E-state index >= 15 is 0 Å². The molecule has 41 heavy (non-hydrogen) atoms. The molecule has 0 aliphatic carbocycles. The number of aliphatic hydroxyl groups is 5. The third-order valence-electron chi connectivity index (χ3n) is 7.14. The lowest BCUT2D eigenvalue weighted by Gasteiger charge is -2.48. The second-order valence-electron chi connectivity index (χ2n) is 9.86. The molecule has 0 aromatic heterocycles. The molecule has 5 rings (SSSR count). The summed E-state index contributed by atoms with van der Waals surface area (Å²) in [6.45, 7) is -0.592. The van der Waals surface area contributed by atoms with Crippen LogP contribution >= 0.6 is 23.4 Å². The predicted octanol–water partition coefficient (Wildman–Crippen LogP) is 0.866. The summed E-state index contributed by atoms with van der Waals surface area (Å²) < 4.78 is 29.0. The zero-order valence-electron chi connectivity index (χ0n) is 21.4. The molecule has 11 unspecified atom stereocenters. The van der Waals surface area contributed by atoms with Crippen LogP contribution < -0.4 is 0 Å². The van der Waals surface area contributed by atoms with Gasteiger partial charge in [0, 0.05) is 17.4 Å². The van der Waals surface area contributed by atoms with E-state index in [9.17, 15) is 35.6 Å². The van der Waals surface area contributed by atoms with Crippen LogP contribution in [0.25, 0.3) is 0 Å². The minimum absolute atomic E-state index is 0.0145. The molecule has 15 heteroatoms. The Hall–Kier alpha value is -1.92. The summed E-state index contributed by atoms with van der Waals surface area (Å²) in [5, 5.41) is 64.4. The average Bonchev–Trinajstić information content (AvgIpc) is 2.98. The highest BCUT2D eigenvalue weighted by Gasteiger charge is 2.52. The number of nitro benzene ring substituents is 1. The van der Waals surface area contributed by atoms with Crippen molar-refractivity contribution in [1.29, 1.82) is 0 Å². The van der Waals surface area contributed by atoms with Crippen LogP contribution in [0.3, 0.4) is 0 Å². The zero-order chi connectivity index (χ0) is 29.3. The van der Waals surface area contributed by atoms with Gasteiger partial charge in [-0.3, -0.25) is 10.1 Å². The molecule has 11 atom stereocenters. The van der Waals surface area contributed by atoms with E-state index in [1.165, 1.54) is 12.1 Å². The summed E-state index contributed by atoms with van der Waals surface area (Å²) in [6.07, 6.45) is -12.6. The van der Waals surface area contributed by atoms with Gasteiger partial charge in [0.25, 0.3) is 5.69 Å². The molecule has 3 aliphatic heterocycles. The van der Waals surface area contributed by atoms with Crippen molar-refractivity contribution in [3.8, 4) is 0 Å². The van der Waals surface area contributed by atoms with E-state index in [2.05, 4.69) is 0 Å². The number of ether oxygens (including phenoxy) is 5. The van der Waals surface area contributed by atoms with Gasteiger partial charge < -0.3 is 49.2 Å². The molecule has 0 saturated carbocycles. The number of halogens is 1. The molecule has 3 saturated heterocycles. The van der Waals surface area contributed by atoms with Crippen molar-refractivity contribution in [2.24, 2.45) is 0 Å².